The second-order valence-corrected chi connectivity index (χ2v) is 3.37. The number of carboxylic acids is 1. The van der Waals surface area contributed by atoms with Crippen molar-refractivity contribution in [2.45, 2.75) is 26.9 Å². The number of rotatable bonds is 4. The van der Waals surface area contributed by atoms with Gasteiger partial charge < -0.3 is 14.3 Å². The molecule has 1 aromatic rings. The lowest BCUT2D eigenvalue weighted by atomic mass is 10.1. The number of aromatic carboxylic acids is 1. The Kier molecular flexibility index (Phi) is 3.11. The van der Waals surface area contributed by atoms with Gasteiger partial charge in [-0.15, -0.1) is 0 Å². The van der Waals surface area contributed by atoms with E-state index in [0.29, 0.717) is 5.92 Å². The van der Waals surface area contributed by atoms with E-state index in [9.17, 15) is 4.79 Å². The maximum atomic E-state index is 10.5. The highest BCUT2D eigenvalue weighted by molar-refractivity contribution is 5.84. The number of aromatic nitrogens is 1. The van der Waals surface area contributed by atoms with E-state index in [1.165, 1.54) is 0 Å². The highest BCUT2D eigenvalue weighted by Gasteiger charge is 2.15. The largest absolute Gasteiger partial charge is 0.476 e. The maximum Gasteiger partial charge on any atom is 0.394 e. The highest BCUT2D eigenvalue weighted by atomic mass is 16.6. The van der Waals surface area contributed by atoms with E-state index in [1.807, 2.05) is 20.8 Å². The molecule has 0 aromatic carbocycles. The molecule has 0 saturated carbocycles. The summed E-state index contributed by atoms with van der Waals surface area (Å²) in [5, 5.41) is 8.56. The van der Waals surface area contributed by atoms with Crippen LogP contribution in [0.5, 0.6) is 6.08 Å². The molecule has 78 valence electrons. The average molecular weight is 199 g/mol. The molecule has 0 amide bonds. The van der Waals surface area contributed by atoms with Gasteiger partial charge >= 0.3 is 12.0 Å². The molecule has 0 aliphatic heterocycles. The Balaban J connectivity index is 2.64. The summed E-state index contributed by atoms with van der Waals surface area (Å²) >= 11 is 0. The molecular formula is C9H13NO4. The molecule has 0 aliphatic carbocycles. The Morgan fingerprint density at radius 3 is 2.64 bits per heavy atom. The van der Waals surface area contributed by atoms with E-state index >= 15 is 0 Å². The van der Waals surface area contributed by atoms with E-state index < -0.39 is 5.97 Å². The molecule has 1 rings (SSSR count). The minimum absolute atomic E-state index is 0.00333. The molecule has 0 aliphatic rings. The Bertz CT molecular complexity index is 318. The van der Waals surface area contributed by atoms with Gasteiger partial charge in [-0.25, -0.2) is 4.79 Å². The van der Waals surface area contributed by atoms with Crippen molar-refractivity contribution in [1.82, 2.24) is 4.98 Å². The van der Waals surface area contributed by atoms with Crippen LogP contribution in [-0.4, -0.2) is 22.2 Å². The second kappa shape index (κ2) is 4.13. The third-order valence-corrected chi connectivity index (χ3v) is 1.93. The van der Waals surface area contributed by atoms with Crippen LogP contribution in [0.3, 0.4) is 0 Å². The predicted octanol–water partition coefficient (Wildman–Crippen LogP) is 1.80. The lowest BCUT2D eigenvalue weighted by Gasteiger charge is -2.14. The summed E-state index contributed by atoms with van der Waals surface area (Å²) < 4.78 is 10.1. The molecule has 5 nitrogen and oxygen atoms in total. The minimum atomic E-state index is -1.12. The van der Waals surface area contributed by atoms with Crippen molar-refractivity contribution < 1.29 is 19.1 Å². The number of carbonyl (C=O) groups is 1. The standard InChI is InChI=1S/C9H13NO4/c1-5(2)6(3)14-9-10-7(4-13-9)8(11)12/h4-6H,1-3H3,(H,11,12). The first-order chi connectivity index (χ1) is 6.50. The first-order valence-corrected chi connectivity index (χ1v) is 4.36. The molecule has 1 N–H and O–H groups in total. The summed E-state index contributed by atoms with van der Waals surface area (Å²) in [7, 11) is 0. The fourth-order valence-corrected chi connectivity index (χ4v) is 0.705. The molecule has 0 spiro atoms. The Hall–Kier alpha value is -1.52. The van der Waals surface area contributed by atoms with Crippen LogP contribution in [0.2, 0.25) is 0 Å². The van der Waals surface area contributed by atoms with Crippen LogP contribution in [0.4, 0.5) is 0 Å². The summed E-state index contributed by atoms with van der Waals surface area (Å²) in [4.78, 5) is 14.1. The maximum absolute atomic E-state index is 10.5. The fourth-order valence-electron chi connectivity index (χ4n) is 0.705. The number of carboxylic acid groups (broad SMARTS) is 1. The summed E-state index contributed by atoms with van der Waals surface area (Å²) in [6.45, 7) is 5.85. The van der Waals surface area contributed by atoms with Gasteiger partial charge in [-0.2, -0.15) is 4.98 Å². The number of ether oxygens (including phenoxy) is 1. The van der Waals surface area contributed by atoms with Gasteiger partial charge in [-0.1, -0.05) is 13.8 Å². The average Bonchev–Trinajstić information content (AvgIpc) is 2.52. The third-order valence-electron chi connectivity index (χ3n) is 1.93. The highest BCUT2D eigenvalue weighted by Crippen LogP contribution is 2.14. The van der Waals surface area contributed by atoms with Gasteiger partial charge in [0.2, 0.25) is 0 Å². The first-order valence-electron chi connectivity index (χ1n) is 4.36. The summed E-state index contributed by atoms with van der Waals surface area (Å²) in [6.07, 6.45) is 1.00. The first kappa shape index (κ1) is 10.6. The Morgan fingerprint density at radius 2 is 2.21 bits per heavy atom. The molecule has 0 fully saturated rings. The lowest BCUT2D eigenvalue weighted by molar-refractivity contribution is 0.0689. The molecule has 1 unspecified atom stereocenters. The Labute approximate surface area is 81.7 Å². The van der Waals surface area contributed by atoms with Crippen LogP contribution in [0.15, 0.2) is 10.7 Å². The fraction of sp³-hybridized carbons (Fsp3) is 0.556. The van der Waals surface area contributed by atoms with Crippen LogP contribution < -0.4 is 4.74 Å². The predicted molar refractivity (Wildman–Crippen MR) is 48.4 cm³/mol. The van der Waals surface area contributed by atoms with Crippen LogP contribution in [0.25, 0.3) is 0 Å². The molecule has 0 radical (unpaired) electrons. The van der Waals surface area contributed by atoms with Gasteiger partial charge in [0.25, 0.3) is 0 Å². The van der Waals surface area contributed by atoms with E-state index in [-0.39, 0.29) is 17.9 Å². The van der Waals surface area contributed by atoms with Crippen molar-refractivity contribution in [3.8, 4) is 6.08 Å². The topological polar surface area (TPSA) is 72.6 Å². The van der Waals surface area contributed by atoms with Gasteiger partial charge in [-0.05, 0) is 12.8 Å². The summed E-state index contributed by atoms with van der Waals surface area (Å²) in [6, 6.07) is 0. The van der Waals surface area contributed by atoms with E-state index in [4.69, 9.17) is 14.3 Å². The van der Waals surface area contributed by atoms with Crippen molar-refractivity contribution in [3.05, 3.63) is 12.0 Å². The second-order valence-electron chi connectivity index (χ2n) is 3.37. The molecular weight excluding hydrogens is 186 g/mol. The zero-order chi connectivity index (χ0) is 10.7. The van der Waals surface area contributed by atoms with Crippen molar-refractivity contribution in [3.63, 3.8) is 0 Å². The van der Waals surface area contributed by atoms with Crippen LogP contribution in [0, 0.1) is 5.92 Å². The lowest BCUT2D eigenvalue weighted by Crippen LogP contribution is -2.18. The SMILES string of the molecule is CC(C)C(C)Oc1nc(C(=O)O)co1. The van der Waals surface area contributed by atoms with Crippen LogP contribution in [0.1, 0.15) is 31.3 Å². The summed E-state index contributed by atoms with van der Waals surface area (Å²) in [5.41, 5.74) is -0.143. The van der Waals surface area contributed by atoms with Crippen LogP contribution >= 0.6 is 0 Å². The zero-order valence-corrected chi connectivity index (χ0v) is 8.35. The number of hydrogen-bond acceptors (Lipinski definition) is 4. The molecule has 5 heteroatoms. The van der Waals surface area contributed by atoms with Crippen molar-refractivity contribution in [1.29, 1.82) is 0 Å². The number of oxazole rings is 1. The van der Waals surface area contributed by atoms with E-state index in [2.05, 4.69) is 4.98 Å². The monoisotopic (exact) mass is 199 g/mol. The normalized spacial score (nSPS) is 12.9. The molecule has 1 heterocycles. The van der Waals surface area contributed by atoms with Crippen LogP contribution in [-0.2, 0) is 0 Å². The summed E-state index contributed by atoms with van der Waals surface area (Å²) in [5.74, 6) is -0.809. The van der Waals surface area contributed by atoms with Gasteiger partial charge in [-0.3, -0.25) is 0 Å². The minimum Gasteiger partial charge on any atom is -0.476 e. The molecule has 0 saturated heterocycles. The molecule has 14 heavy (non-hydrogen) atoms. The molecule has 1 atom stereocenters. The Morgan fingerprint density at radius 1 is 1.57 bits per heavy atom. The van der Waals surface area contributed by atoms with Gasteiger partial charge in [0, 0.05) is 0 Å². The van der Waals surface area contributed by atoms with Gasteiger partial charge in [0.1, 0.15) is 12.4 Å². The number of hydrogen-bond donors (Lipinski definition) is 1. The molecule has 0 bridgehead atoms. The van der Waals surface area contributed by atoms with E-state index in [0.717, 1.165) is 6.26 Å². The zero-order valence-electron chi connectivity index (χ0n) is 8.35. The van der Waals surface area contributed by atoms with Crippen molar-refractivity contribution in [2.24, 2.45) is 5.92 Å². The van der Waals surface area contributed by atoms with Crippen molar-refractivity contribution >= 4 is 5.97 Å². The quantitative estimate of drug-likeness (QED) is 0.800. The van der Waals surface area contributed by atoms with Crippen molar-refractivity contribution in [2.75, 3.05) is 0 Å². The third kappa shape index (κ3) is 2.48. The van der Waals surface area contributed by atoms with Gasteiger partial charge in [0.05, 0.1) is 0 Å². The van der Waals surface area contributed by atoms with E-state index in [1.54, 1.807) is 0 Å². The van der Waals surface area contributed by atoms with Gasteiger partial charge in [0.15, 0.2) is 5.69 Å². The molecule has 1 aromatic heterocycles. The smallest absolute Gasteiger partial charge is 0.394 e. The number of nitrogens with zero attached hydrogens (tertiary/aromatic N) is 1.